The summed E-state index contributed by atoms with van der Waals surface area (Å²) in [6.45, 7) is 1.94. The lowest BCUT2D eigenvalue weighted by atomic mass is 10.1. The number of halogens is 1. The fourth-order valence-electron chi connectivity index (χ4n) is 0.934. The average Bonchev–Trinajstić information content (AvgIpc) is 2.00. The van der Waals surface area contributed by atoms with Gasteiger partial charge in [0.05, 0.1) is 0 Å². The molecule has 2 nitrogen and oxygen atoms in total. The van der Waals surface area contributed by atoms with E-state index < -0.39 is 9.05 Å². The summed E-state index contributed by atoms with van der Waals surface area (Å²) < 4.78 is 21.1. The largest absolute Gasteiger partial charge is 0.254 e. The molecule has 0 aliphatic carbocycles. The van der Waals surface area contributed by atoms with Crippen molar-refractivity contribution in [2.45, 2.75) is 6.92 Å². The van der Waals surface area contributed by atoms with Gasteiger partial charge in [0.15, 0.2) is 0 Å². The third-order valence-electron chi connectivity index (χ3n) is 1.47. The second-order valence-electron chi connectivity index (χ2n) is 2.69. The SMILES string of the molecule is Cc1cccc(C=CS(=O)(=O)Cl)c1. The molecule has 0 saturated carbocycles. The quantitative estimate of drug-likeness (QED) is 0.712. The van der Waals surface area contributed by atoms with Gasteiger partial charge in [-0.1, -0.05) is 29.8 Å². The van der Waals surface area contributed by atoms with E-state index >= 15 is 0 Å². The van der Waals surface area contributed by atoms with E-state index in [1.54, 1.807) is 0 Å². The fraction of sp³-hybridized carbons (Fsp3) is 0.111. The van der Waals surface area contributed by atoms with Crippen molar-refractivity contribution in [1.82, 2.24) is 0 Å². The number of aryl methyl sites for hydroxylation is 1. The molecule has 13 heavy (non-hydrogen) atoms. The van der Waals surface area contributed by atoms with Crippen LogP contribution in [0.3, 0.4) is 0 Å². The molecule has 0 heterocycles. The molecule has 0 unspecified atom stereocenters. The second kappa shape index (κ2) is 3.94. The standard InChI is InChI=1S/C9H9ClO2S/c1-8-3-2-4-9(7-8)5-6-13(10,11)12/h2-7H,1H3. The van der Waals surface area contributed by atoms with Crippen LogP contribution in [0.25, 0.3) is 6.08 Å². The molecule has 0 atom stereocenters. The molecule has 0 N–H and O–H groups in total. The van der Waals surface area contributed by atoms with Crippen molar-refractivity contribution in [2.75, 3.05) is 0 Å². The molecule has 0 aliphatic heterocycles. The third kappa shape index (κ3) is 4.10. The van der Waals surface area contributed by atoms with Crippen LogP contribution >= 0.6 is 10.7 Å². The van der Waals surface area contributed by atoms with Crippen molar-refractivity contribution in [3.05, 3.63) is 40.8 Å². The first-order valence-corrected chi connectivity index (χ1v) is 6.04. The lowest BCUT2D eigenvalue weighted by Crippen LogP contribution is -1.80. The van der Waals surface area contributed by atoms with Gasteiger partial charge in [-0.05, 0) is 18.6 Å². The van der Waals surface area contributed by atoms with Crippen molar-refractivity contribution in [1.29, 1.82) is 0 Å². The van der Waals surface area contributed by atoms with Crippen LogP contribution in [0.4, 0.5) is 0 Å². The summed E-state index contributed by atoms with van der Waals surface area (Å²) in [5.74, 6) is 0. The summed E-state index contributed by atoms with van der Waals surface area (Å²) in [6, 6.07) is 7.48. The number of rotatable bonds is 2. The summed E-state index contributed by atoms with van der Waals surface area (Å²) in [4.78, 5) is 0. The van der Waals surface area contributed by atoms with Crippen LogP contribution in [0.2, 0.25) is 0 Å². The monoisotopic (exact) mass is 216 g/mol. The first kappa shape index (κ1) is 10.3. The predicted octanol–water partition coefficient (Wildman–Crippen LogP) is 2.53. The van der Waals surface area contributed by atoms with Crippen LogP contribution in [-0.4, -0.2) is 8.42 Å². The fourth-order valence-corrected chi connectivity index (χ4v) is 1.41. The average molecular weight is 217 g/mol. The van der Waals surface area contributed by atoms with Crippen LogP contribution in [0, 0.1) is 6.92 Å². The maximum atomic E-state index is 10.6. The molecular formula is C9H9ClO2S. The Morgan fingerprint density at radius 1 is 1.38 bits per heavy atom. The van der Waals surface area contributed by atoms with Crippen LogP contribution < -0.4 is 0 Å². The van der Waals surface area contributed by atoms with Gasteiger partial charge in [0.25, 0.3) is 9.05 Å². The first-order chi connectivity index (χ1) is 5.97. The normalized spacial score (nSPS) is 12.2. The van der Waals surface area contributed by atoms with Gasteiger partial charge in [0.2, 0.25) is 0 Å². The first-order valence-electron chi connectivity index (χ1n) is 3.67. The Labute approximate surface area is 82.3 Å². The van der Waals surface area contributed by atoms with Gasteiger partial charge in [-0.15, -0.1) is 0 Å². The van der Waals surface area contributed by atoms with Crippen LogP contribution in [-0.2, 0) is 9.05 Å². The molecule has 0 saturated heterocycles. The van der Waals surface area contributed by atoms with Crippen LogP contribution in [0.15, 0.2) is 29.7 Å². The Balaban J connectivity index is 2.93. The molecule has 0 bridgehead atoms. The van der Waals surface area contributed by atoms with E-state index in [1.807, 2.05) is 31.2 Å². The minimum Gasteiger partial charge on any atom is -0.208 e. The van der Waals surface area contributed by atoms with Crippen molar-refractivity contribution in [2.24, 2.45) is 0 Å². The van der Waals surface area contributed by atoms with Gasteiger partial charge in [-0.3, -0.25) is 0 Å². The van der Waals surface area contributed by atoms with Gasteiger partial charge in [-0.2, -0.15) is 0 Å². The second-order valence-corrected chi connectivity index (χ2v) is 5.21. The molecule has 0 amide bonds. The zero-order valence-corrected chi connectivity index (χ0v) is 8.64. The van der Waals surface area contributed by atoms with Crippen molar-refractivity contribution in [3.63, 3.8) is 0 Å². The predicted molar refractivity (Wildman–Crippen MR) is 55.0 cm³/mol. The number of hydrogen-bond donors (Lipinski definition) is 0. The molecule has 0 spiro atoms. The highest BCUT2D eigenvalue weighted by Gasteiger charge is 1.96. The van der Waals surface area contributed by atoms with Crippen LogP contribution in [0.5, 0.6) is 0 Å². The molecule has 70 valence electrons. The van der Waals surface area contributed by atoms with Crippen LogP contribution in [0.1, 0.15) is 11.1 Å². The summed E-state index contributed by atoms with van der Waals surface area (Å²) in [7, 11) is 1.46. The van der Waals surface area contributed by atoms with Gasteiger partial charge >= 0.3 is 0 Å². The zero-order valence-electron chi connectivity index (χ0n) is 7.07. The maximum absolute atomic E-state index is 10.6. The Bertz CT molecular complexity index is 421. The maximum Gasteiger partial charge on any atom is 0.254 e. The summed E-state index contributed by atoms with van der Waals surface area (Å²) in [6.07, 6.45) is 1.47. The van der Waals surface area contributed by atoms with E-state index in [2.05, 4.69) is 0 Å². The van der Waals surface area contributed by atoms with E-state index in [-0.39, 0.29) is 0 Å². The van der Waals surface area contributed by atoms with E-state index in [0.29, 0.717) is 0 Å². The smallest absolute Gasteiger partial charge is 0.208 e. The van der Waals surface area contributed by atoms with Crippen molar-refractivity contribution < 1.29 is 8.42 Å². The van der Waals surface area contributed by atoms with E-state index in [1.165, 1.54) is 6.08 Å². The molecule has 1 aromatic carbocycles. The lowest BCUT2D eigenvalue weighted by Gasteiger charge is -1.93. The molecule has 4 heteroatoms. The Kier molecular flexibility index (Phi) is 3.12. The van der Waals surface area contributed by atoms with Gasteiger partial charge in [0, 0.05) is 16.1 Å². The van der Waals surface area contributed by atoms with Crippen molar-refractivity contribution in [3.8, 4) is 0 Å². The zero-order chi connectivity index (χ0) is 9.90. The Morgan fingerprint density at radius 2 is 2.08 bits per heavy atom. The minimum absolute atomic E-state index is 0.823. The molecule has 0 aromatic heterocycles. The molecule has 0 fully saturated rings. The highest BCUT2D eigenvalue weighted by atomic mass is 35.7. The topological polar surface area (TPSA) is 34.1 Å². The van der Waals surface area contributed by atoms with E-state index in [0.717, 1.165) is 16.5 Å². The Hall–Kier alpha value is -0.800. The molecule has 1 aromatic rings. The summed E-state index contributed by atoms with van der Waals surface area (Å²) in [5.41, 5.74) is 1.90. The highest BCUT2D eigenvalue weighted by molar-refractivity contribution is 8.16. The molecular weight excluding hydrogens is 208 g/mol. The third-order valence-corrected chi connectivity index (χ3v) is 2.23. The van der Waals surface area contributed by atoms with Crippen molar-refractivity contribution >= 4 is 25.8 Å². The molecule has 1 rings (SSSR count). The van der Waals surface area contributed by atoms with Gasteiger partial charge in [-0.25, -0.2) is 8.42 Å². The Morgan fingerprint density at radius 3 is 2.62 bits per heavy atom. The molecule has 0 radical (unpaired) electrons. The number of benzene rings is 1. The van der Waals surface area contributed by atoms with Gasteiger partial charge < -0.3 is 0 Å². The van der Waals surface area contributed by atoms with Gasteiger partial charge in [0.1, 0.15) is 0 Å². The van der Waals surface area contributed by atoms with E-state index in [9.17, 15) is 8.42 Å². The highest BCUT2D eigenvalue weighted by Crippen LogP contribution is 2.08. The summed E-state index contributed by atoms with van der Waals surface area (Å²) in [5, 5.41) is 0.976. The lowest BCUT2D eigenvalue weighted by molar-refractivity contribution is 0.617. The molecule has 0 aliphatic rings. The number of hydrogen-bond acceptors (Lipinski definition) is 2. The summed E-state index contributed by atoms with van der Waals surface area (Å²) >= 11 is 0. The minimum atomic E-state index is -3.54. The van der Waals surface area contributed by atoms with E-state index in [4.69, 9.17) is 10.7 Å².